The molecule has 0 radical (unpaired) electrons. The summed E-state index contributed by atoms with van der Waals surface area (Å²) in [5.41, 5.74) is 7.54. The van der Waals surface area contributed by atoms with Crippen LogP contribution in [0.5, 0.6) is 0 Å². The van der Waals surface area contributed by atoms with E-state index in [1.165, 1.54) is 64.8 Å². The van der Waals surface area contributed by atoms with Crippen LogP contribution in [0.15, 0.2) is 156 Å². The van der Waals surface area contributed by atoms with Gasteiger partial charge in [0.15, 0.2) is 5.58 Å². The molecular weight excluding hydrogens is 583 g/mol. The van der Waals surface area contributed by atoms with Crippen molar-refractivity contribution < 1.29 is 4.42 Å². The average molecular weight is 614 g/mol. The van der Waals surface area contributed by atoms with E-state index in [4.69, 9.17) is 4.42 Å². The molecule has 8 aromatic carbocycles. The Morgan fingerprint density at radius 2 is 1.04 bits per heavy atom. The first-order valence-electron chi connectivity index (χ1n) is 16.8. The Kier molecular flexibility index (Phi) is 6.04. The van der Waals surface area contributed by atoms with E-state index in [9.17, 15) is 0 Å². The second-order valence-corrected chi connectivity index (χ2v) is 12.8. The van der Waals surface area contributed by atoms with E-state index in [1.807, 2.05) is 0 Å². The van der Waals surface area contributed by atoms with Gasteiger partial charge in [0.05, 0.1) is 11.4 Å². The van der Waals surface area contributed by atoms with Crippen LogP contribution in [-0.2, 0) is 0 Å². The predicted molar refractivity (Wildman–Crippen MR) is 204 cm³/mol. The molecule has 2 heteroatoms. The van der Waals surface area contributed by atoms with Crippen molar-refractivity contribution in [1.29, 1.82) is 0 Å². The molecule has 1 aromatic heterocycles. The topological polar surface area (TPSA) is 16.4 Å². The number of benzene rings is 8. The highest BCUT2D eigenvalue weighted by atomic mass is 16.3. The maximum Gasteiger partial charge on any atom is 0.160 e. The normalized spacial score (nSPS) is 12.8. The molecule has 9 aromatic rings. The molecule has 0 unspecified atom stereocenters. The lowest BCUT2D eigenvalue weighted by molar-refractivity contribution is 0.572. The standard InChI is InChI=1S/C46H31NO/c1-2-12-30(13-3-1)31-22-25-35(26-23-31)47(42-29-34-16-6-9-19-38(34)45-40-20-10-11-21-43(40)48-46(42)45)41-28-33-15-5-7-17-36(33)39-27-24-32-14-4-8-18-37(32)44(39)41/h1-9,12-29H,10-11H2. The molecule has 0 saturated heterocycles. The van der Waals surface area contributed by atoms with E-state index in [-0.39, 0.29) is 0 Å². The second-order valence-electron chi connectivity index (χ2n) is 12.8. The predicted octanol–water partition coefficient (Wildman–Crippen LogP) is 11.5. The fourth-order valence-corrected chi connectivity index (χ4v) is 7.81. The molecule has 10 rings (SSSR count). The molecule has 0 aliphatic heterocycles. The first-order valence-corrected chi connectivity index (χ1v) is 16.8. The van der Waals surface area contributed by atoms with Crippen molar-refractivity contribution in [2.75, 3.05) is 4.90 Å². The largest absolute Gasteiger partial charge is 0.454 e. The molecule has 226 valence electrons. The SMILES string of the molecule is C1=c2oc3c(N(c4ccc(-c5ccccc5)cc4)c4cc5ccccc5c5ccc6ccccc6c45)cc4ccccc4c3c2=CCC1. The van der Waals surface area contributed by atoms with Crippen LogP contribution in [0.2, 0.25) is 0 Å². The maximum absolute atomic E-state index is 6.91. The van der Waals surface area contributed by atoms with Gasteiger partial charge >= 0.3 is 0 Å². The maximum atomic E-state index is 6.91. The summed E-state index contributed by atoms with van der Waals surface area (Å²) >= 11 is 0. The molecule has 0 fully saturated rings. The Labute approximate surface area is 278 Å². The van der Waals surface area contributed by atoms with Crippen molar-refractivity contribution in [2.24, 2.45) is 0 Å². The van der Waals surface area contributed by atoms with Gasteiger partial charge in [-0.2, -0.15) is 0 Å². The third kappa shape index (κ3) is 4.13. The van der Waals surface area contributed by atoms with Crippen LogP contribution in [0.25, 0.3) is 77.3 Å². The fourth-order valence-electron chi connectivity index (χ4n) is 7.81. The number of hydrogen-bond acceptors (Lipinski definition) is 2. The minimum Gasteiger partial charge on any atom is -0.454 e. The fraction of sp³-hybridized carbons (Fsp3) is 0.0435. The van der Waals surface area contributed by atoms with Crippen LogP contribution in [0.3, 0.4) is 0 Å². The van der Waals surface area contributed by atoms with Crippen molar-refractivity contribution in [3.05, 3.63) is 162 Å². The van der Waals surface area contributed by atoms with Gasteiger partial charge in [0, 0.05) is 21.7 Å². The minimum atomic E-state index is 0.918. The van der Waals surface area contributed by atoms with Gasteiger partial charge < -0.3 is 9.32 Å². The van der Waals surface area contributed by atoms with Crippen LogP contribution >= 0.6 is 0 Å². The lowest BCUT2D eigenvalue weighted by Gasteiger charge is -2.29. The molecule has 0 bridgehead atoms. The quantitative estimate of drug-likeness (QED) is 0.184. The number of fused-ring (bicyclic) bond motifs is 10. The summed E-state index contributed by atoms with van der Waals surface area (Å²) in [4.78, 5) is 2.44. The molecule has 1 aliphatic rings. The number of rotatable bonds is 4. The van der Waals surface area contributed by atoms with Crippen LogP contribution in [0, 0.1) is 0 Å². The van der Waals surface area contributed by atoms with Gasteiger partial charge in [-0.25, -0.2) is 0 Å². The Bertz CT molecular complexity index is 2830. The van der Waals surface area contributed by atoms with Gasteiger partial charge in [0.25, 0.3) is 0 Å². The molecule has 0 N–H and O–H groups in total. The van der Waals surface area contributed by atoms with E-state index in [0.717, 1.165) is 40.9 Å². The Balaban J connectivity index is 1.37. The third-order valence-electron chi connectivity index (χ3n) is 10.0. The zero-order chi connectivity index (χ0) is 31.6. The summed E-state index contributed by atoms with van der Waals surface area (Å²) in [6.07, 6.45) is 6.62. The third-order valence-corrected chi connectivity index (χ3v) is 10.0. The zero-order valence-electron chi connectivity index (χ0n) is 26.4. The molecule has 2 nitrogen and oxygen atoms in total. The number of anilines is 3. The van der Waals surface area contributed by atoms with Crippen molar-refractivity contribution in [3.63, 3.8) is 0 Å². The van der Waals surface area contributed by atoms with Crippen LogP contribution in [-0.4, -0.2) is 0 Å². The molecule has 0 amide bonds. The van der Waals surface area contributed by atoms with Crippen LogP contribution in [0.1, 0.15) is 12.8 Å². The lowest BCUT2D eigenvalue weighted by atomic mass is 9.94. The summed E-state index contributed by atoms with van der Waals surface area (Å²) in [6.45, 7) is 0. The van der Waals surface area contributed by atoms with Crippen molar-refractivity contribution >= 4 is 83.3 Å². The molecule has 1 aliphatic carbocycles. The highest BCUT2D eigenvalue weighted by Crippen LogP contribution is 2.47. The first kappa shape index (κ1) is 27.0. The Hall–Kier alpha value is -6.12. The smallest absolute Gasteiger partial charge is 0.160 e. The molecule has 0 spiro atoms. The highest BCUT2D eigenvalue weighted by molar-refractivity contribution is 6.24. The number of hydrogen-bond donors (Lipinski definition) is 0. The van der Waals surface area contributed by atoms with E-state index < -0.39 is 0 Å². The molecule has 0 atom stereocenters. The highest BCUT2D eigenvalue weighted by Gasteiger charge is 2.24. The Morgan fingerprint density at radius 1 is 0.438 bits per heavy atom. The number of furan rings is 1. The first-order chi connectivity index (χ1) is 23.8. The molecule has 48 heavy (non-hydrogen) atoms. The van der Waals surface area contributed by atoms with Gasteiger partial charge in [-0.1, -0.05) is 133 Å². The van der Waals surface area contributed by atoms with Crippen molar-refractivity contribution in [3.8, 4) is 11.1 Å². The summed E-state index contributed by atoms with van der Waals surface area (Å²) < 4.78 is 6.91. The average Bonchev–Trinajstić information content (AvgIpc) is 3.56. The Morgan fingerprint density at radius 3 is 1.83 bits per heavy atom. The van der Waals surface area contributed by atoms with E-state index in [0.29, 0.717) is 0 Å². The second kappa shape index (κ2) is 10.7. The summed E-state index contributed by atoms with van der Waals surface area (Å²) in [5.74, 6) is 0. The van der Waals surface area contributed by atoms with Crippen molar-refractivity contribution in [1.82, 2.24) is 0 Å². The van der Waals surface area contributed by atoms with Crippen LogP contribution < -0.4 is 15.5 Å². The van der Waals surface area contributed by atoms with E-state index >= 15 is 0 Å². The van der Waals surface area contributed by atoms with Gasteiger partial charge in [0.1, 0.15) is 5.42 Å². The van der Waals surface area contributed by atoms with Gasteiger partial charge in [-0.15, -0.1) is 0 Å². The van der Waals surface area contributed by atoms with E-state index in [2.05, 4.69) is 169 Å². The molecule has 1 heterocycles. The molecule has 0 saturated carbocycles. The van der Waals surface area contributed by atoms with Crippen molar-refractivity contribution in [2.45, 2.75) is 12.8 Å². The van der Waals surface area contributed by atoms with E-state index in [1.54, 1.807) is 0 Å². The van der Waals surface area contributed by atoms with Crippen LogP contribution in [0.4, 0.5) is 17.1 Å². The summed E-state index contributed by atoms with van der Waals surface area (Å²) in [6, 6.07) is 55.1. The lowest BCUT2D eigenvalue weighted by Crippen LogP contribution is -2.22. The number of nitrogens with zero attached hydrogens (tertiary/aromatic N) is 1. The zero-order valence-corrected chi connectivity index (χ0v) is 26.4. The summed E-state index contributed by atoms with van der Waals surface area (Å²) in [7, 11) is 0. The summed E-state index contributed by atoms with van der Waals surface area (Å²) in [5, 5.41) is 12.2. The molecular formula is C46H31NO. The van der Waals surface area contributed by atoms with Gasteiger partial charge in [0.2, 0.25) is 0 Å². The monoisotopic (exact) mass is 613 g/mol. The minimum absolute atomic E-state index is 0.918. The van der Waals surface area contributed by atoms with Gasteiger partial charge in [-0.3, -0.25) is 0 Å². The van der Waals surface area contributed by atoms with Gasteiger partial charge in [-0.05, 0) is 92.0 Å².